The zero-order chi connectivity index (χ0) is 22.8. The summed E-state index contributed by atoms with van der Waals surface area (Å²) in [6.45, 7) is 4.76. The standard InChI is InChI=1S/C23H28Cl2N4O3/c24-18-8-4-9-19(21(18)25)27-23(31)28-20(16-17-6-2-1-3-7-17)22(30)26-10-5-11-29-12-14-32-15-13-29/h1-4,6-9,20H,5,10-16H2,(H,26,30)(H2,27,28,31). The van der Waals surface area contributed by atoms with Crippen LogP contribution in [0.15, 0.2) is 48.5 Å². The SMILES string of the molecule is O=C(Nc1cccc(Cl)c1Cl)NC(Cc1ccccc1)C(=O)NCCCN1CCOCC1. The second-order valence-corrected chi connectivity index (χ2v) is 8.33. The summed E-state index contributed by atoms with van der Waals surface area (Å²) in [7, 11) is 0. The first-order valence-electron chi connectivity index (χ1n) is 10.7. The van der Waals surface area contributed by atoms with E-state index in [-0.39, 0.29) is 10.9 Å². The third-order valence-electron chi connectivity index (χ3n) is 5.16. The Morgan fingerprint density at radius 2 is 1.78 bits per heavy atom. The van der Waals surface area contributed by atoms with Gasteiger partial charge in [0.05, 0.1) is 28.9 Å². The highest BCUT2D eigenvalue weighted by Crippen LogP contribution is 2.29. The predicted octanol–water partition coefficient (Wildman–Crippen LogP) is 3.56. The van der Waals surface area contributed by atoms with Gasteiger partial charge >= 0.3 is 6.03 Å². The number of carbonyl (C=O) groups is 2. The molecular weight excluding hydrogens is 451 g/mol. The molecule has 2 aromatic rings. The number of hydrogen-bond acceptors (Lipinski definition) is 4. The molecule has 1 unspecified atom stereocenters. The predicted molar refractivity (Wildman–Crippen MR) is 127 cm³/mol. The molecule has 3 rings (SSSR count). The molecule has 1 atom stereocenters. The van der Waals surface area contributed by atoms with Crippen molar-refractivity contribution in [2.45, 2.75) is 18.9 Å². The minimum Gasteiger partial charge on any atom is -0.379 e. The number of nitrogens with one attached hydrogen (secondary N) is 3. The highest BCUT2D eigenvalue weighted by atomic mass is 35.5. The van der Waals surface area contributed by atoms with E-state index in [0.717, 1.165) is 44.8 Å². The third-order valence-corrected chi connectivity index (χ3v) is 5.98. The van der Waals surface area contributed by atoms with Crippen molar-refractivity contribution >= 4 is 40.8 Å². The van der Waals surface area contributed by atoms with Crippen LogP contribution >= 0.6 is 23.2 Å². The number of halogens is 2. The third kappa shape index (κ3) is 7.67. The summed E-state index contributed by atoms with van der Waals surface area (Å²) in [5.74, 6) is -0.233. The minimum atomic E-state index is -0.737. The molecule has 7 nitrogen and oxygen atoms in total. The van der Waals surface area contributed by atoms with Crippen molar-refractivity contribution in [2.75, 3.05) is 44.7 Å². The first kappa shape index (κ1) is 24.3. The molecule has 0 radical (unpaired) electrons. The largest absolute Gasteiger partial charge is 0.379 e. The van der Waals surface area contributed by atoms with Gasteiger partial charge in [0.25, 0.3) is 0 Å². The van der Waals surface area contributed by atoms with E-state index in [0.29, 0.717) is 23.7 Å². The van der Waals surface area contributed by atoms with Crippen LogP contribution in [-0.2, 0) is 16.0 Å². The van der Waals surface area contributed by atoms with Gasteiger partial charge < -0.3 is 20.7 Å². The number of carbonyl (C=O) groups excluding carboxylic acids is 2. The van der Waals surface area contributed by atoms with Crippen molar-refractivity contribution in [1.29, 1.82) is 0 Å². The molecule has 0 saturated carbocycles. The zero-order valence-electron chi connectivity index (χ0n) is 17.8. The fourth-order valence-electron chi connectivity index (χ4n) is 3.44. The van der Waals surface area contributed by atoms with Crippen LogP contribution in [0.25, 0.3) is 0 Å². The highest BCUT2D eigenvalue weighted by Gasteiger charge is 2.22. The Bertz CT molecular complexity index is 892. The van der Waals surface area contributed by atoms with Gasteiger partial charge in [-0.1, -0.05) is 59.6 Å². The van der Waals surface area contributed by atoms with E-state index in [1.54, 1.807) is 18.2 Å². The Balaban J connectivity index is 1.56. The summed E-state index contributed by atoms with van der Waals surface area (Å²) in [5, 5.41) is 8.96. The summed E-state index contributed by atoms with van der Waals surface area (Å²) in [6, 6.07) is 13.3. The van der Waals surface area contributed by atoms with Crippen LogP contribution in [0.2, 0.25) is 10.0 Å². The van der Waals surface area contributed by atoms with E-state index < -0.39 is 12.1 Å². The first-order valence-corrected chi connectivity index (χ1v) is 11.4. The molecule has 9 heteroatoms. The molecule has 1 aliphatic heterocycles. The maximum absolute atomic E-state index is 12.9. The second kappa shape index (κ2) is 12.6. The van der Waals surface area contributed by atoms with Crippen LogP contribution in [0.4, 0.5) is 10.5 Å². The minimum absolute atomic E-state index is 0.233. The lowest BCUT2D eigenvalue weighted by Gasteiger charge is -2.26. The fraction of sp³-hybridized carbons (Fsp3) is 0.391. The van der Waals surface area contributed by atoms with E-state index in [1.807, 2.05) is 30.3 Å². The molecule has 0 bridgehead atoms. The highest BCUT2D eigenvalue weighted by molar-refractivity contribution is 6.43. The fourth-order valence-corrected chi connectivity index (χ4v) is 3.79. The van der Waals surface area contributed by atoms with Crippen molar-refractivity contribution in [3.8, 4) is 0 Å². The lowest BCUT2D eigenvalue weighted by Crippen LogP contribution is -2.49. The van der Waals surface area contributed by atoms with Gasteiger partial charge in [0.15, 0.2) is 0 Å². The van der Waals surface area contributed by atoms with E-state index in [2.05, 4.69) is 20.9 Å². The lowest BCUT2D eigenvalue weighted by molar-refractivity contribution is -0.122. The summed E-state index contributed by atoms with van der Waals surface area (Å²) < 4.78 is 5.35. The Labute approximate surface area is 198 Å². The van der Waals surface area contributed by atoms with Crippen LogP contribution in [0.5, 0.6) is 0 Å². The molecular formula is C23H28Cl2N4O3. The molecule has 0 aromatic heterocycles. The van der Waals surface area contributed by atoms with Crippen molar-refractivity contribution in [2.24, 2.45) is 0 Å². The first-order chi connectivity index (χ1) is 15.5. The van der Waals surface area contributed by atoms with Crippen molar-refractivity contribution in [3.05, 3.63) is 64.1 Å². The normalized spacial score (nSPS) is 15.1. The van der Waals surface area contributed by atoms with E-state index in [4.69, 9.17) is 27.9 Å². The summed E-state index contributed by atoms with van der Waals surface area (Å²) in [6.07, 6.45) is 1.20. The number of urea groups is 1. The Kier molecular flexibility index (Phi) is 9.62. The van der Waals surface area contributed by atoms with Crippen LogP contribution in [0.3, 0.4) is 0 Å². The number of benzene rings is 2. The van der Waals surface area contributed by atoms with Gasteiger partial charge in [-0.15, -0.1) is 0 Å². The van der Waals surface area contributed by atoms with Crippen LogP contribution < -0.4 is 16.0 Å². The summed E-state index contributed by atoms with van der Waals surface area (Å²) in [5.41, 5.74) is 1.32. The maximum atomic E-state index is 12.9. The molecule has 0 spiro atoms. The lowest BCUT2D eigenvalue weighted by atomic mass is 10.1. The van der Waals surface area contributed by atoms with Gasteiger partial charge in [-0.3, -0.25) is 9.69 Å². The molecule has 1 heterocycles. The van der Waals surface area contributed by atoms with Crippen LogP contribution in [-0.4, -0.2) is 62.3 Å². The van der Waals surface area contributed by atoms with Crippen LogP contribution in [0.1, 0.15) is 12.0 Å². The topological polar surface area (TPSA) is 82.7 Å². The number of rotatable bonds is 9. The molecule has 2 aromatic carbocycles. The smallest absolute Gasteiger partial charge is 0.319 e. The van der Waals surface area contributed by atoms with Crippen LogP contribution in [0, 0.1) is 0 Å². The number of ether oxygens (including phenoxy) is 1. The van der Waals surface area contributed by atoms with Crippen molar-refractivity contribution in [3.63, 3.8) is 0 Å². The average molecular weight is 479 g/mol. The molecule has 3 N–H and O–H groups in total. The molecule has 1 aliphatic rings. The Hall–Kier alpha value is -2.32. The molecule has 1 saturated heterocycles. The van der Waals surface area contributed by atoms with Gasteiger partial charge in [0, 0.05) is 26.1 Å². The van der Waals surface area contributed by atoms with Crippen molar-refractivity contribution in [1.82, 2.24) is 15.5 Å². The quantitative estimate of drug-likeness (QED) is 0.481. The molecule has 1 fully saturated rings. The summed E-state index contributed by atoms with van der Waals surface area (Å²) >= 11 is 12.2. The van der Waals surface area contributed by atoms with Gasteiger partial charge in [-0.25, -0.2) is 4.79 Å². The molecule has 0 aliphatic carbocycles. The number of nitrogens with zero attached hydrogens (tertiary/aromatic N) is 1. The molecule has 32 heavy (non-hydrogen) atoms. The van der Waals surface area contributed by atoms with E-state index in [1.165, 1.54) is 0 Å². The van der Waals surface area contributed by atoms with Gasteiger partial charge in [-0.2, -0.15) is 0 Å². The maximum Gasteiger partial charge on any atom is 0.319 e. The molecule has 172 valence electrons. The Morgan fingerprint density at radius 1 is 1.03 bits per heavy atom. The van der Waals surface area contributed by atoms with Crippen molar-refractivity contribution < 1.29 is 14.3 Å². The van der Waals surface area contributed by atoms with E-state index >= 15 is 0 Å². The molecule has 3 amide bonds. The second-order valence-electron chi connectivity index (χ2n) is 7.54. The van der Waals surface area contributed by atoms with E-state index in [9.17, 15) is 9.59 Å². The number of anilines is 1. The van der Waals surface area contributed by atoms with Gasteiger partial charge in [0.2, 0.25) is 5.91 Å². The number of morpholine rings is 1. The average Bonchev–Trinajstić information content (AvgIpc) is 2.80. The summed E-state index contributed by atoms with van der Waals surface area (Å²) in [4.78, 5) is 27.8. The Morgan fingerprint density at radius 3 is 2.53 bits per heavy atom. The zero-order valence-corrected chi connectivity index (χ0v) is 19.3. The van der Waals surface area contributed by atoms with Gasteiger partial charge in [-0.05, 0) is 30.7 Å². The monoisotopic (exact) mass is 478 g/mol. The number of hydrogen-bond donors (Lipinski definition) is 3. The van der Waals surface area contributed by atoms with Gasteiger partial charge in [0.1, 0.15) is 6.04 Å². The number of amides is 3.